The molecule has 5 nitrogen and oxygen atoms in total. The van der Waals surface area contributed by atoms with Crippen molar-refractivity contribution in [1.82, 2.24) is 15.5 Å². The molecule has 1 aromatic heterocycles. The summed E-state index contributed by atoms with van der Waals surface area (Å²) in [6.45, 7) is 1.85. The van der Waals surface area contributed by atoms with E-state index in [0.717, 1.165) is 30.3 Å². The Balaban J connectivity index is 0.00000133. The maximum absolute atomic E-state index is 5.31. The second-order valence-electron chi connectivity index (χ2n) is 4.39. The molecule has 0 aliphatic carbocycles. The molecular weight excluding hydrogens is 266 g/mol. The quantitative estimate of drug-likeness (QED) is 0.926. The first-order chi connectivity index (χ1) is 8.86. The van der Waals surface area contributed by atoms with Gasteiger partial charge in [-0.1, -0.05) is 23.4 Å². The van der Waals surface area contributed by atoms with Crippen molar-refractivity contribution in [1.29, 1.82) is 0 Å². The smallest absolute Gasteiger partial charge is 0.232 e. The van der Waals surface area contributed by atoms with Crippen LogP contribution in [0, 0.1) is 0 Å². The molecular formula is C13H16ClN3O2. The van der Waals surface area contributed by atoms with Crippen molar-refractivity contribution in [3.63, 3.8) is 0 Å². The standard InChI is InChI=1S/C13H15N3O2.ClH/c1-17-11-5-3-2-4-9(11)6-12-15-13(18-16-12)10-7-14-8-10;/h2-5,10,14H,6-8H2,1H3;1H. The molecule has 1 aliphatic rings. The van der Waals surface area contributed by atoms with Crippen LogP contribution < -0.4 is 10.1 Å². The van der Waals surface area contributed by atoms with Crippen LogP contribution in [0.2, 0.25) is 0 Å². The first-order valence-electron chi connectivity index (χ1n) is 6.02. The van der Waals surface area contributed by atoms with E-state index in [1.165, 1.54) is 0 Å². The molecule has 6 heteroatoms. The maximum Gasteiger partial charge on any atom is 0.232 e. The number of hydrogen-bond donors (Lipinski definition) is 1. The lowest BCUT2D eigenvalue weighted by Gasteiger charge is -2.22. The second-order valence-corrected chi connectivity index (χ2v) is 4.39. The summed E-state index contributed by atoms with van der Waals surface area (Å²) in [5.41, 5.74) is 1.07. The molecule has 0 amide bonds. The molecule has 1 aromatic carbocycles. The van der Waals surface area contributed by atoms with Crippen LogP contribution in [0.5, 0.6) is 5.75 Å². The number of benzene rings is 1. The Morgan fingerprint density at radius 1 is 1.37 bits per heavy atom. The van der Waals surface area contributed by atoms with Crippen LogP contribution in [0.15, 0.2) is 28.8 Å². The van der Waals surface area contributed by atoms with E-state index < -0.39 is 0 Å². The molecule has 102 valence electrons. The number of para-hydroxylation sites is 1. The molecule has 2 aromatic rings. The Labute approximate surface area is 117 Å². The third kappa shape index (κ3) is 2.88. The second kappa shape index (κ2) is 6.04. The lowest BCUT2D eigenvalue weighted by molar-refractivity contribution is 0.306. The number of hydrogen-bond acceptors (Lipinski definition) is 5. The van der Waals surface area contributed by atoms with E-state index in [1.54, 1.807) is 7.11 Å². The molecule has 0 unspecified atom stereocenters. The Hall–Kier alpha value is -1.59. The predicted molar refractivity (Wildman–Crippen MR) is 73.0 cm³/mol. The predicted octanol–water partition coefficient (Wildman–Crippen LogP) is 1.78. The Morgan fingerprint density at radius 3 is 2.84 bits per heavy atom. The minimum absolute atomic E-state index is 0. The first kappa shape index (κ1) is 13.8. The minimum Gasteiger partial charge on any atom is -0.496 e. The van der Waals surface area contributed by atoms with Crippen molar-refractivity contribution >= 4 is 12.4 Å². The minimum atomic E-state index is 0. The van der Waals surface area contributed by atoms with Crippen LogP contribution >= 0.6 is 12.4 Å². The van der Waals surface area contributed by atoms with Gasteiger partial charge in [0.05, 0.1) is 13.0 Å². The summed E-state index contributed by atoms with van der Waals surface area (Å²) < 4.78 is 10.6. The monoisotopic (exact) mass is 281 g/mol. The van der Waals surface area contributed by atoms with Gasteiger partial charge in [-0.25, -0.2) is 0 Å². The van der Waals surface area contributed by atoms with Crippen molar-refractivity contribution in [3.05, 3.63) is 41.5 Å². The molecule has 3 rings (SSSR count). The summed E-state index contributed by atoms with van der Waals surface area (Å²) >= 11 is 0. The van der Waals surface area contributed by atoms with Crippen molar-refractivity contribution < 1.29 is 9.26 Å². The maximum atomic E-state index is 5.31. The fourth-order valence-corrected chi connectivity index (χ4v) is 1.99. The van der Waals surface area contributed by atoms with Gasteiger partial charge in [-0.3, -0.25) is 0 Å². The highest BCUT2D eigenvalue weighted by molar-refractivity contribution is 5.85. The lowest BCUT2D eigenvalue weighted by atomic mass is 10.0. The van der Waals surface area contributed by atoms with Crippen LogP contribution in [-0.4, -0.2) is 30.3 Å². The third-order valence-electron chi connectivity index (χ3n) is 3.16. The zero-order chi connectivity index (χ0) is 12.4. The van der Waals surface area contributed by atoms with Gasteiger partial charge in [-0.2, -0.15) is 4.98 Å². The molecule has 0 radical (unpaired) electrons. The molecule has 1 aliphatic heterocycles. The fourth-order valence-electron chi connectivity index (χ4n) is 1.99. The summed E-state index contributed by atoms with van der Waals surface area (Å²) in [4.78, 5) is 4.43. The molecule has 1 fully saturated rings. The van der Waals surface area contributed by atoms with Crippen molar-refractivity contribution in [3.8, 4) is 5.75 Å². The first-order valence-corrected chi connectivity index (χ1v) is 6.02. The number of ether oxygens (including phenoxy) is 1. The number of nitrogens with one attached hydrogen (secondary N) is 1. The lowest BCUT2D eigenvalue weighted by Crippen LogP contribution is -2.40. The number of halogens is 1. The Bertz CT molecular complexity index is 540. The van der Waals surface area contributed by atoms with Gasteiger partial charge in [0.25, 0.3) is 0 Å². The SMILES string of the molecule is COc1ccccc1Cc1noc(C2CNC2)n1.Cl. The molecule has 0 saturated carbocycles. The average Bonchev–Trinajstić information content (AvgIpc) is 2.76. The number of rotatable bonds is 4. The van der Waals surface area contributed by atoms with E-state index in [0.29, 0.717) is 18.2 Å². The molecule has 2 heterocycles. The zero-order valence-electron chi connectivity index (χ0n) is 10.6. The topological polar surface area (TPSA) is 60.2 Å². The van der Waals surface area contributed by atoms with E-state index in [-0.39, 0.29) is 12.4 Å². The summed E-state index contributed by atoms with van der Waals surface area (Å²) in [7, 11) is 1.67. The van der Waals surface area contributed by atoms with Crippen LogP contribution in [0.1, 0.15) is 23.2 Å². The van der Waals surface area contributed by atoms with Crippen LogP contribution in [-0.2, 0) is 6.42 Å². The fraction of sp³-hybridized carbons (Fsp3) is 0.385. The molecule has 0 bridgehead atoms. The molecule has 0 atom stereocenters. The van der Waals surface area contributed by atoms with E-state index in [1.807, 2.05) is 24.3 Å². The highest BCUT2D eigenvalue weighted by Gasteiger charge is 2.25. The van der Waals surface area contributed by atoms with Gasteiger partial charge in [0.2, 0.25) is 5.89 Å². The number of nitrogens with zero attached hydrogens (tertiary/aromatic N) is 2. The Morgan fingerprint density at radius 2 is 2.16 bits per heavy atom. The van der Waals surface area contributed by atoms with Gasteiger partial charge >= 0.3 is 0 Å². The molecule has 1 saturated heterocycles. The van der Waals surface area contributed by atoms with Gasteiger partial charge in [-0.15, -0.1) is 12.4 Å². The van der Waals surface area contributed by atoms with Gasteiger partial charge < -0.3 is 14.6 Å². The van der Waals surface area contributed by atoms with Crippen molar-refractivity contribution in [2.24, 2.45) is 0 Å². The van der Waals surface area contributed by atoms with Gasteiger partial charge in [0.15, 0.2) is 5.82 Å². The third-order valence-corrected chi connectivity index (χ3v) is 3.16. The van der Waals surface area contributed by atoms with Gasteiger partial charge in [-0.05, 0) is 6.07 Å². The van der Waals surface area contributed by atoms with Gasteiger partial charge in [0, 0.05) is 25.1 Å². The highest BCUT2D eigenvalue weighted by atomic mass is 35.5. The van der Waals surface area contributed by atoms with Gasteiger partial charge in [0.1, 0.15) is 5.75 Å². The number of methoxy groups -OCH3 is 1. The van der Waals surface area contributed by atoms with E-state index in [9.17, 15) is 0 Å². The largest absolute Gasteiger partial charge is 0.496 e. The molecule has 19 heavy (non-hydrogen) atoms. The zero-order valence-corrected chi connectivity index (χ0v) is 11.4. The van der Waals surface area contributed by atoms with E-state index in [2.05, 4.69) is 15.5 Å². The van der Waals surface area contributed by atoms with E-state index >= 15 is 0 Å². The van der Waals surface area contributed by atoms with Crippen molar-refractivity contribution in [2.45, 2.75) is 12.3 Å². The van der Waals surface area contributed by atoms with E-state index in [4.69, 9.17) is 9.26 Å². The summed E-state index contributed by atoms with van der Waals surface area (Å²) in [5, 5.41) is 7.21. The summed E-state index contributed by atoms with van der Waals surface area (Å²) in [5.74, 6) is 2.68. The summed E-state index contributed by atoms with van der Waals surface area (Å²) in [6.07, 6.45) is 0.633. The molecule has 1 N–H and O–H groups in total. The van der Waals surface area contributed by atoms with Crippen LogP contribution in [0.4, 0.5) is 0 Å². The normalized spacial score (nSPS) is 14.6. The molecule has 0 spiro atoms. The average molecular weight is 282 g/mol. The number of aromatic nitrogens is 2. The van der Waals surface area contributed by atoms with Crippen molar-refractivity contribution in [2.75, 3.05) is 20.2 Å². The van der Waals surface area contributed by atoms with Crippen LogP contribution in [0.25, 0.3) is 0 Å². The van der Waals surface area contributed by atoms with Crippen LogP contribution in [0.3, 0.4) is 0 Å². The summed E-state index contributed by atoms with van der Waals surface area (Å²) in [6, 6.07) is 7.88. The Kier molecular flexibility index (Phi) is 4.39. The highest BCUT2D eigenvalue weighted by Crippen LogP contribution is 2.22.